The number of ether oxygens (including phenoxy) is 2. The fourth-order valence-corrected chi connectivity index (χ4v) is 12.2. The number of para-hydroxylation sites is 1. The lowest BCUT2D eigenvalue weighted by Gasteiger charge is -2.29. The van der Waals surface area contributed by atoms with Crippen molar-refractivity contribution < 1.29 is 33.9 Å². The summed E-state index contributed by atoms with van der Waals surface area (Å²) in [5.41, 5.74) is 7.23. The monoisotopic (exact) mass is 908 g/mol. The smallest absolute Gasteiger partial charge is 0.346 e. The van der Waals surface area contributed by atoms with Gasteiger partial charge in [0.25, 0.3) is 0 Å². The van der Waals surface area contributed by atoms with Gasteiger partial charge in [-0.2, -0.15) is 9.84 Å². The van der Waals surface area contributed by atoms with Crippen LogP contribution in [0.1, 0.15) is 109 Å². The molecule has 2 aliphatic heterocycles. The molecule has 65 heavy (non-hydrogen) atoms. The first-order valence-corrected chi connectivity index (χ1v) is 24.4. The number of unbranched alkanes of at least 4 members (excludes halogenated alkanes) is 6. The Kier molecular flexibility index (Phi) is 12.7. The molecular formula is C54H58N3O6S2+. The molecule has 2 aromatic heterocycles. The van der Waals surface area contributed by atoms with E-state index >= 15 is 0 Å². The Morgan fingerprint density at radius 1 is 0.846 bits per heavy atom. The van der Waals surface area contributed by atoms with Crippen molar-refractivity contribution in [3.63, 3.8) is 0 Å². The van der Waals surface area contributed by atoms with Crippen LogP contribution in [0.3, 0.4) is 0 Å². The molecule has 2 N–H and O–H groups in total. The molecule has 1 aliphatic carbocycles. The number of fused-ring (bicyclic) bond motifs is 4. The molecule has 4 heterocycles. The van der Waals surface area contributed by atoms with E-state index < -0.39 is 11.4 Å². The summed E-state index contributed by atoms with van der Waals surface area (Å²) in [6.07, 6.45) is 14.2. The number of hydrogen-bond donors (Lipinski definition) is 2. The van der Waals surface area contributed by atoms with Crippen molar-refractivity contribution in [1.29, 1.82) is 5.26 Å². The second kappa shape index (κ2) is 18.1. The summed E-state index contributed by atoms with van der Waals surface area (Å²) in [5, 5.41) is 32.4. The molecule has 0 unspecified atom stereocenters. The SMILES string of the molecule is CCCCCCN1C(=CC2=C(O)C(=CC3=[N+](CCCCCC)c4ccc(-c5cc6c(OC)c7sc(C=C(C#N)C(=O)O)cc7c(OC)c6s5)cc4C3(C)C)C2=O)C(C)(C)c2ccccc21. The fraction of sp³-hybridized carbons (Fsp3) is 0.370. The molecule has 0 saturated heterocycles. The average molecular weight is 909 g/mol. The van der Waals surface area contributed by atoms with Crippen molar-refractivity contribution in [3.05, 3.63) is 111 Å². The van der Waals surface area contributed by atoms with Crippen LogP contribution >= 0.6 is 22.7 Å². The van der Waals surface area contributed by atoms with E-state index in [1.165, 1.54) is 35.1 Å². The van der Waals surface area contributed by atoms with Gasteiger partial charge >= 0.3 is 5.97 Å². The van der Waals surface area contributed by atoms with Crippen molar-refractivity contribution in [2.75, 3.05) is 32.2 Å². The highest BCUT2D eigenvalue weighted by Crippen LogP contribution is 2.53. The van der Waals surface area contributed by atoms with Crippen LogP contribution < -0.4 is 14.4 Å². The molecule has 11 heteroatoms. The normalized spacial score (nSPS) is 17.7. The third-order valence-electron chi connectivity index (χ3n) is 13.4. The predicted molar refractivity (Wildman–Crippen MR) is 266 cm³/mol. The van der Waals surface area contributed by atoms with E-state index in [0.29, 0.717) is 27.5 Å². The van der Waals surface area contributed by atoms with Crippen LogP contribution in [-0.2, 0) is 20.4 Å². The molecule has 0 saturated carbocycles. The number of ketones is 1. The second-order valence-electron chi connectivity index (χ2n) is 18.3. The lowest BCUT2D eigenvalue weighted by atomic mass is 9.77. The number of nitriles is 1. The first-order chi connectivity index (χ1) is 31.2. The maximum Gasteiger partial charge on any atom is 0.346 e. The van der Waals surface area contributed by atoms with E-state index in [1.807, 2.05) is 18.2 Å². The number of thiophene rings is 2. The number of aliphatic carboxylic acids is 1. The zero-order valence-electron chi connectivity index (χ0n) is 38.7. The third-order valence-corrected chi connectivity index (χ3v) is 15.7. The Bertz CT molecular complexity index is 2910. The number of Topliss-reactive ketones (excluding diaryl/α,β-unsaturated/α-hetero) is 1. The number of carbonyl (C=O) groups is 2. The van der Waals surface area contributed by atoms with Gasteiger partial charge in [0.15, 0.2) is 5.71 Å². The molecule has 3 aromatic carbocycles. The van der Waals surface area contributed by atoms with Crippen LogP contribution in [0.5, 0.6) is 11.5 Å². The molecule has 0 amide bonds. The topological polar surface area (TPSA) is 123 Å². The molecule has 8 rings (SSSR count). The van der Waals surface area contributed by atoms with Gasteiger partial charge in [0.05, 0.1) is 40.2 Å². The molecule has 3 aliphatic rings. The summed E-state index contributed by atoms with van der Waals surface area (Å²) in [6.45, 7) is 14.9. The van der Waals surface area contributed by atoms with Crippen LogP contribution in [0.2, 0.25) is 0 Å². The van der Waals surface area contributed by atoms with E-state index in [2.05, 4.69) is 99.5 Å². The molecule has 0 atom stereocenters. The lowest BCUT2D eigenvalue weighted by Crippen LogP contribution is -2.32. The zero-order chi connectivity index (χ0) is 46.4. The van der Waals surface area contributed by atoms with Gasteiger partial charge in [0, 0.05) is 68.0 Å². The van der Waals surface area contributed by atoms with Crippen molar-refractivity contribution in [1.82, 2.24) is 0 Å². The molecular weight excluding hydrogens is 851 g/mol. The van der Waals surface area contributed by atoms with Crippen molar-refractivity contribution in [3.8, 4) is 28.0 Å². The van der Waals surface area contributed by atoms with Crippen LogP contribution in [0.25, 0.3) is 36.7 Å². The quantitative estimate of drug-likeness (QED) is 0.0409. The number of carboxylic acid groups (broad SMARTS) is 1. The number of aliphatic hydroxyl groups excluding tert-OH is 1. The Morgan fingerprint density at radius 3 is 2.18 bits per heavy atom. The molecule has 336 valence electrons. The van der Waals surface area contributed by atoms with Crippen molar-refractivity contribution in [2.24, 2.45) is 0 Å². The van der Waals surface area contributed by atoms with E-state index in [0.717, 1.165) is 111 Å². The van der Waals surface area contributed by atoms with E-state index in [9.17, 15) is 25.1 Å². The molecule has 9 nitrogen and oxygen atoms in total. The van der Waals surface area contributed by atoms with E-state index in [-0.39, 0.29) is 22.5 Å². The Balaban J connectivity index is 1.17. The van der Waals surface area contributed by atoms with Crippen molar-refractivity contribution in [2.45, 2.75) is 104 Å². The molecule has 5 aromatic rings. The highest BCUT2D eigenvalue weighted by molar-refractivity contribution is 7.23. The van der Waals surface area contributed by atoms with Gasteiger partial charge in [-0.05, 0) is 80.3 Å². The molecule has 0 radical (unpaired) electrons. The van der Waals surface area contributed by atoms with Crippen LogP contribution in [0.15, 0.2) is 94.9 Å². The minimum atomic E-state index is -1.28. The Morgan fingerprint density at radius 2 is 1.52 bits per heavy atom. The first kappa shape index (κ1) is 45.6. The summed E-state index contributed by atoms with van der Waals surface area (Å²) in [5.74, 6) is -0.0473. The maximum absolute atomic E-state index is 14.3. The highest BCUT2D eigenvalue weighted by Gasteiger charge is 2.47. The van der Waals surface area contributed by atoms with Gasteiger partial charge < -0.3 is 24.6 Å². The number of anilines is 1. The van der Waals surface area contributed by atoms with E-state index in [1.54, 1.807) is 31.6 Å². The lowest BCUT2D eigenvalue weighted by molar-refractivity contribution is -0.438. The van der Waals surface area contributed by atoms with Gasteiger partial charge in [0.1, 0.15) is 35.4 Å². The minimum Gasteiger partial charge on any atom is -0.506 e. The summed E-state index contributed by atoms with van der Waals surface area (Å²) < 4.78 is 16.1. The van der Waals surface area contributed by atoms with E-state index in [4.69, 9.17) is 9.47 Å². The van der Waals surface area contributed by atoms with Gasteiger partial charge in [-0.25, -0.2) is 4.79 Å². The number of methoxy groups -OCH3 is 2. The van der Waals surface area contributed by atoms with Gasteiger partial charge in [-0.3, -0.25) is 4.79 Å². The van der Waals surface area contributed by atoms with Gasteiger partial charge in [-0.15, -0.1) is 22.7 Å². The van der Waals surface area contributed by atoms with Crippen LogP contribution in [0, 0.1) is 11.3 Å². The Hall–Kier alpha value is -5.96. The molecule has 0 fully saturated rings. The summed E-state index contributed by atoms with van der Waals surface area (Å²) in [4.78, 5) is 29.9. The fourth-order valence-electron chi connectivity index (χ4n) is 9.87. The third kappa shape index (κ3) is 7.89. The van der Waals surface area contributed by atoms with Gasteiger partial charge in [-0.1, -0.05) is 78.0 Å². The largest absolute Gasteiger partial charge is 0.506 e. The summed E-state index contributed by atoms with van der Waals surface area (Å²) in [6, 6.07) is 20.8. The number of benzene rings is 3. The van der Waals surface area contributed by atoms with Crippen molar-refractivity contribution >= 4 is 77.8 Å². The minimum absolute atomic E-state index is 0.0506. The average Bonchev–Trinajstić information content (AvgIpc) is 4.02. The molecule has 0 bridgehead atoms. The van der Waals surface area contributed by atoms with Gasteiger partial charge in [0.2, 0.25) is 11.5 Å². The summed E-state index contributed by atoms with van der Waals surface area (Å²) in [7, 11) is 3.26. The first-order valence-electron chi connectivity index (χ1n) is 22.8. The summed E-state index contributed by atoms with van der Waals surface area (Å²) >= 11 is 2.95. The number of hydrogen-bond acceptors (Lipinski definition) is 9. The number of allylic oxidation sites excluding steroid dienone is 5. The standard InChI is InChI=1S/C54H57N3O6S2/c1-9-11-13-17-23-56-41-20-16-15-19-39(41)53(3,4)44(56)29-35-46(58)36(47(35)59)30-45-54(5,6)40-26-32(21-22-42(40)57(45)24-18-14-12-10-2)43-28-38-49(63-8)50-37(48(62-7)51(38)65-43)27-34(64-50)25-33(31-55)52(60)61/h15-16,19-22,25-30H,9-14,17-18,23-24H2,1-8H3,(H-,58,59,60,61)/p+1. The molecule has 0 spiro atoms. The van der Waals surface area contributed by atoms with Crippen LogP contribution in [-0.4, -0.2) is 59.6 Å². The zero-order valence-corrected chi connectivity index (χ0v) is 40.3. The predicted octanol–water partition coefficient (Wildman–Crippen LogP) is 13.3. The number of carboxylic acids is 1. The number of aliphatic hydroxyl groups is 1. The van der Waals surface area contributed by atoms with Crippen LogP contribution in [0.4, 0.5) is 11.4 Å². The Labute approximate surface area is 389 Å². The number of nitrogens with zero attached hydrogens (tertiary/aromatic N) is 3. The highest BCUT2D eigenvalue weighted by atomic mass is 32.1. The second-order valence-corrected chi connectivity index (χ2v) is 20.4. The maximum atomic E-state index is 14.3. The number of rotatable bonds is 17. The number of carbonyl (C=O) groups excluding carboxylic acids is 1.